The molecule has 0 aliphatic carbocycles. The molecule has 0 N–H and O–H groups in total. The first kappa shape index (κ1) is 8.60. The molecular weight excluding hydrogens is 162 g/mol. The summed E-state index contributed by atoms with van der Waals surface area (Å²) in [4.78, 5) is 12.9. The molecule has 1 unspecified atom stereocenters. The maximum Gasteiger partial charge on any atom is 0.224 e. The molecule has 1 aliphatic rings. The fraction of sp³-hybridized carbons (Fsp3) is 0.625. The van der Waals surface area contributed by atoms with Crippen molar-refractivity contribution in [2.24, 2.45) is 0 Å². The molecule has 1 saturated heterocycles. The molecule has 0 aromatic heterocycles. The highest BCUT2D eigenvalue weighted by atomic mass is 35.5. The maximum absolute atomic E-state index is 11.1. The largest absolute Gasteiger partial charge is 0.337 e. The van der Waals surface area contributed by atoms with Crippen LogP contribution >= 0.6 is 11.6 Å². The number of carbonyl (C=O) groups excluding carboxylic acids is 1. The summed E-state index contributed by atoms with van der Waals surface area (Å²) in [6, 6.07) is 0. The Balaban J connectivity index is 2.47. The average Bonchev–Trinajstić information content (AvgIpc) is 2.09. The molecule has 0 aromatic rings. The van der Waals surface area contributed by atoms with Crippen LogP contribution in [0.4, 0.5) is 0 Å². The van der Waals surface area contributed by atoms with Crippen LogP contribution in [0.1, 0.15) is 13.3 Å². The van der Waals surface area contributed by atoms with E-state index in [1.54, 1.807) is 4.90 Å². The van der Waals surface area contributed by atoms with Gasteiger partial charge in [-0.15, -0.1) is 11.6 Å². The van der Waals surface area contributed by atoms with Gasteiger partial charge in [-0.3, -0.25) is 4.79 Å². The van der Waals surface area contributed by atoms with Crippen molar-refractivity contribution in [2.75, 3.05) is 13.1 Å². The van der Waals surface area contributed by atoms with Gasteiger partial charge in [-0.2, -0.15) is 0 Å². The summed E-state index contributed by atoms with van der Waals surface area (Å²) >= 11 is 5.79. The summed E-state index contributed by atoms with van der Waals surface area (Å²) in [6.45, 7) is 6.98. The third kappa shape index (κ3) is 2.22. The molecule has 0 bridgehead atoms. The number of carbonyl (C=O) groups is 1. The summed E-state index contributed by atoms with van der Waals surface area (Å²) in [5, 5.41) is 0.00171. The lowest BCUT2D eigenvalue weighted by molar-refractivity contribution is -0.127. The molecule has 62 valence electrons. The van der Waals surface area contributed by atoms with E-state index in [9.17, 15) is 4.79 Å². The predicted octanol–water partition coefficient (Wildman–Crippen LogP) is 1.40. The second-order valence-electron chi connectivity index (χ2n) is 3.03. The second kappa shape index (κ2) is 3.26. The zero-order valence-corrected chi connectivity index (χ0v) is 7.40. The van der Waals surface area contributed by atoms with Gasteiger partial charge in [0.25, 0.3) is 0 Å². The number of rotatable bonds is 2. The van der Waals surface area contributed by atoms with E-state index in [1.165, 1.54) is 0 Å². The molecule has 1 amide bonds. The fourth-order valence-electron chi connectivity index (χ4n) is 1.20. The quantitative estimate of drug-likeness (QED) is 0.457. The summed E-state index contributed by atoms with van der Waals surface area (Å²) in [5.41, 5.74) is 1.00. The third-order valence-corrected chi connectivity index (χ3v) is 1.92. The number of likely N-dealkylation sites (tertiary alicyclic amines) is 1. The van der Waals surface area contributed by atoms with Crippen LogP contribution in [-0.2, 0) is 4.79 Å². The smallest absolute Gasteiger partial charge is 0.224 e. The molecule has 0 saturated carbocycles. The minimum Gasteiger partial charge on any atom is -0.337 e. The predicted molar refractivity (Wildman–Crippen MR) is 45.7 cm³/mol. The molecule has 3 heteroatoms. The highest BCUT2D eigenvalue weighted by Gasteiger charge is 2.27. The van der Waals surface area contributed by atoms with Crippen LogP contribution in [0.2, 0.25) is 0 Å². The van der Waals surface area contributed by atoms with Gasteiger partial charge in [-0.25, -0.2) is 0 Å². The number of halogens is 1. The number of alkyl halides is 1. The van der Waals surface area contributed by atoms with Gasteiger partial charge >= 0.3 is 0 Å². The highest BCUT2D eigenvalue weighted by molar-refractivity contribution is 6.22. The number of hydrogen-bond donors (Lipinski definition) is 0. The van der Waals surface area contributed by atoms with Crippen molar-refractivity contribution < 1.29 is 4.79 Å². The Morgan fingerprint density at radius 2 is 2.55 bits per heavy atom. The lowest BCUT2D eigenvalue weighted by Crippen LogP contribution is -2.26. The van der Waals surface area contributed by atoms with Crippen molar-refractivity contribution in [3.8, 4) is 0 Å². The molecule has 1 aliphatic heterocycles. The zero-order chi connectivity index (χ0) is 8.43. The molecule has 1 rings (SSSR count). The number of amides is 1. The zero-order valence-electron chi connectivity index (χ0n) is 6.64. The van der Waals surface area contributed by atoms with Crippen LogP contribution in [0.25, 0.3) is 0 Å². The highest BCUT2D eigenvalue weighted by Crippen LogP contribution is 2.16. The summed E-state index contributed by atoms with van der Waals surface area (Å²) in [5.74, 6) is 0.146. The van der Waals surface area contributed by atoms with E-state index in [4.69, 9.17) is 11.6 Å². The van der Waals surface area contributed by atoms with Gasteiger partial charge in [-0.1, -0.05) is 12.2 Å². The molecule has 0 aromatic carbocycles. The Morgan fingerprint density at radius 3 is 2.91 bits per heavy atom. The van der Waals surface area contributed by atoms with Gasteiger partial charge in [0, 0.05) is 19.5 Å². The van der Waals surface area contributed by atoms with Gasteiger partial charge in [0.05, 0.1) is 5.38 Å². The van der Waals surface area contributed by atoms with Crippen LogP contribution in [-0.4, -0.2) is 29.3 Å². The number of hydrogen-bond acceptors (Lipinski definition) is 1. The molecule has 11 heavy (non-hydrogen) atoms. The van der Waals surface area contributed by atoms with Crippen LogP contribution in [0.3, 0.4) is 0 Å². The van der Waals surface area contributed by atoms with Crippen molar-refractivity contribution in [3.05, 3.63) is 12.2 Å². The van der Waals surface area contributed by atoms with E-state index in [1.807, 2.05) is 6.92 Å². The number of nitrogens with zero attached hydrogens (tertiary/aromatic N) is 1. The Labute approximate surface area is 71.8 Å². The van der Waals surface area contributed by atoms with E-state index in [0.717, 1.165) is 5.57 Å². The van der Waals surface area contributed by atoms with Crippen molar-refractivity contribution in [3.63, 3.8) is 0 Å². The Bertz CT molecular complexity index is 191. The van der Waals surface area contributed by atoms with Crippen LogP contribution in [0.5, 0.6) is 0 Å². The topological polar surface area (TPSA) is 20.3 Å². The minimum absolute atomic E-state index is 0.00171. The Kier molecular flexibility index (Phi) is 2.55. The molecule has 1 fully saturated rings. The van der Waals surface area contributed by atoms with Crippen molar-refractivity contribution >= 4 is 17.5 Å². The van der Waals surface area contributed by atoms with E-state index in [0.29, 0.717) is 19.5 Å². The van der Waals surface area contributed by atoms with Gasteiger partial charge in [0.1, 0.15) is 0 Å². The van der Waals surface area contributed by atoms with Crippen LogP contribution in [0, 0.1) is 0 Å². The van der Waals surface area contributed by atoms with Gasteiger partial charge < -0.3 is 4.90 Å². The molecular formula is C8H12ClNO. The molecule has 1 heterocycles. The van der Waals surface area contributed by atoms with Crippen LogP contribution in [0.15, 0.2) is 12.2 Å². The summed E-state index contributed by atoms with van der Waals surface area (Å²) in [7, 11) is 0. The van der Waals surface area contributed by atoms with E-state index >= 15 is 0 Å². The first-order chi connectivity index (χ1) is 5.09. The van der Waals surface area contributed by atoms with Crippen LogP contribution < -0.4 is 0 Å². The lowest BCUT2D eigenvalue weighted by atomic mass is 10.3. The average molecular weight is 174 g/mol. The van der Waals surface area contributed by atoms with Gasteiger partial charge in [0.15, 0.2) is 0 Å². The second-order valence-corrected chi connectivity index (χ2v) is 3.65. The first-order valence-corrected chi connectivity index (χ1v) is 4.09. The third-order valence-electron chi connectivity index (χ3n) is 1.63. The molecule has 0 spiro atoms. The Morgan fingerprint density at radius 1 is 1.91 bits per heavy atom. The SMILES string of the molecule is C=C(C)CN1CC(Cl)CC1=O. The van der Waals surface area contributed by atoms with Gasteiger partial charge in [0.2, 0.25) is 5.91 Å². The van der Waals surface area contributed by atoms with E-state index in [-0.39, 0.29) is 11.3 Å². The molecule has 1 atom stereocenters. The normalized spacial score (nSPS) is 24.4. The monoisotopic (exact) mass is 173 g/mol. The first-order valence-electron chi connectivity index (χ1n) is 3.66. The van der Waals surface area contributed by atoms with Crippen molar-refractivity contribution in [2.45, 2.75) is 18.7 Å². The van der Waals surface area contributed by atoms with E-state index in [2.05, 4.69) is 6.58 Å². The summed E-state index contributed by atoms with van der Waals surface area (Å²) < 4.78 is 0. The van der Waals surface area contributed by atoms with Gasteiger partial charge in [-0.05, 0) is 6.92 Å². The molecule has 2 nitrogen and oxygen atoms in total. The molecule has 0 radical (unpaired) electrons. The van der Waals surface area contributed by atoms with Crippen molar-refractivity contribution in [1.29, 1.82) is 0 Å². The standard InChI is InChI=1S/C8H12ClNO/c1-6(2)4-10-5-7(9)3-8(10)11/h7H,1,3-5H2,2H3. The Hall–Kier alpha value is -0.500. The lowest BCUT2D eigenvalue weighted by Gasteiger charge is -2.14. The minimum atomic E-state index is 0.00171. The van der Waals surface area contributed by atoms with Crippen molar-refractivity contribution in [1.82, 2.24) is 4.90 Å². The summed E-state index contributed by atoms with van der Waals surface area (Å²) in [6.07, 6.45) is 0.481. The maximum atomic E-state index is 11.1. The van der Waals surface area contributed by atoms with E-state index < -0.39 is 0 Å². The fourth-order valence-corrected chi connectivity index (χ4v) is 1.50.